The number of carbonyl (C=O) groups is 12. The van der Waals surface area contributed by atoms with Crippen molar-refractivity contribution in [1.29, 1.82) is 0 Å². The summed E-state index contributed by atoms with van der Waals surface area (Å²) in [6.07, 6.45) is 0.888. The van der Waals surface area contributed by atoms with Crippen molar-refractivity contribution < 1.29 is 75.4 Å². The van der Waals surface area contributed by atoms with Crippen LogP contribution in [-0.4, -0.2) is 264 Å². The third-order valence-electron chi connectivity index (χ3n) is 22.3. The number of morpholine rings is 1. The molecule has 4 heterocycles. The van der Waals surface area contributed by atoms with E-state index in [9.17, 15) is 32.3 Å². The largest absolute Gasteiger partial charge is 0.417 e. The van der Waals surface area contributed by atoms with Crippen molar-refractivity contribution >= 4 is 82.5 Å². The summed E-state index contributed by atoms with van der Waals surface area (Å²) in [6.45, 7) is 6.91. The highest BCUT2D eigenvalue weighted by atomic mass is 35.5. The molecule has 0 unspecified atom stereocenters. The Labute approximate surface area is 614 Å². The molecule has 12 amide bonds. The van der Waals surface area contributed by atoms with Gasteiger partial charge in [0.25, 0.3) is 0 Å². The summed E-state index contributed by atoms with van der Waals surface area (Å²) in [4.78, 5) is 194. The van der Waals surface area contributed by atoms with Crippen molar-refractivity contribution in [2.45, 2.75) is 216 Å². The van der Waals surface area contributed by atoms with Gasteiger partial charge in [-0.1, -0.05) is 121 Å². The Kier molecular flexibility index (Phi) is 28.6. The molecule has 6 aliphatic rings. The minimum atomic E-state index is -4.77. The van der Waals surface area contributed by atoms with Crippen LogP contribution >= 0.6 is 11.6 Å². The first kappa shape index (κ1) is 81.8. The maximum absolute atomic E-state index is 15.7. The fraction of sp³-hybridized carbons (Fsp3) is 0.680. The second-order valence-corrected chi connectivity index (χ2v) is 30.4. The van der Waals surface area contributed by atoms with E-state index in [0.717, 1.165) is 29.9 Å². The van der Waals surface area contributed by atoms with E-state index in [1.165, 1.54) is 87.6 Å². The van der Waals surface area contributed by atoms with E-state index < -0.39 is 173 Å². The van der Waals surface area contributed by atoms with E-state index in [0.29, 0.717) is 63.4 Å². The first-order chi connectivity index (χ1) is 49.3. The lowest BCUT2D eigenvalue weighted by atomic mass is 9.90. The number of amides is 12. The number of likely N-dealkylation sites (N-methyl/N-ethyl adjacent to an activating group) is 6. The fourth-order valence-corrected chi connectivity index (χ4v) is 16.1. The minimum absolute atomic E-state index is 0.0201. The van der Waals surface area contributed by atoms with Crippen LogP contribution < -0.4 is 16.0 Å². The number of carbonyl (C=O) groups excluding carboxylic acids is 12. The molecule has 2 aromatic carbocycles. The lowest BCUT2D eigenvalue weighted by Crippen LogP contribution is -2.65. The molecule has 6 fully saturated rings. The summed E-state index contributed by atoms with van der Waals surface area (Å²) in [6, 6.07) is 1.94. The summed E-state index contributed by atoms with van der Waals surface area (Å²) in [5.41, 5.74) is -1.71. The zero-order valence-corrected chi connectivity index (χ0v) is 62.9. The first-order valence-electron chi connectivity index (χ1n) is 37.1. The molecule has 2 bridgehead atoms. The van der Waals surface area contributed by atoms with Crippen LogP contribution in [0.3, 0.4) is 0 Å². The molecule has 104 heavy (non-hydrogen) atoms. The predicted octanol–water partition coefficient (Wildman–Crippen LogP) is 5.46. The van der Waals surface area contributed by atoms with Crippen LogP contribution in [0.15, 0.2) is 48.5 Å². The Morgan fingerprint density at radius 1 is 0.625 bits per heavy atom. The molecule has 0 radical (unpaired) electrons. The molecular formula is C75H108ClF3N12O13. The number of aryl methyl sites for hydroxylation is 1. The second-order valence-electron chi connectivity index (χ2n) is 30.0. The SMILES string of the molecule is CC[C@H](C)[C@@H]1NC(=O)[C@H](CC(C)C)N(C)C(=O)C[C@@H](C(=O)N2CCOCC2)N(C)C(=O)[C@H](C2CCCC2)N(C)C(=O)C2(CCCC2)NC(=O)[C@@H]2CCCN2C(=O)[C@H](CCc2ccc(C(F)(F)F)c(Cl)c2)NC(=O)CN(C)C(=O)[C@H](Cc2ccccc2)N2CCCCC[C@@H](C2=O)N(C)C(=O)CN(C)C1=O. The molecule has 4 saturated heterocycles. The first-order valence-corrected chi connectivity index (χ1v) is 37.5. The third-order valence-corrected chi connectivity index (χ3v) is 22.6. The number of nitrogens with one attached hydrogen (secondary N) is 3. The molecule has 8 rings (SSSR count). The molecule has 4 aliphatic heterocycles. The van der Waals surface area contributed by atoms with Crippen molar-refractivity contribution in [3.05, 3.63) is 70.2 Å². The van der Waals surface area contributed by atoms with Crippen LogP contribution in [0.25, 0.3) is 0 Å². The van der Waals surface area contributed by atoms with Crippen LogP contribution in [0, 0.1) is 17.8 Å². The van der Waals surface area contributed by atoms with Crippen LogP contribution in [0.4, 0.5) is 13.2 Å². The summed E-state index contributed by atoms with van der Waals surface area (Å²) in [5, 5.41) is 8.19. The standard InChI is InChI=1S/C75H108ClF3N12O13/c1-11-48(4)63-71(101)84(6)46-62(94)85(7)56-27-16-13-21-35-91(70(56)100)59(43-49-23-14-12-15-24-49)68(98)83(5)45-60(92)80-54(32-30-50-29-31-52(53(76)42-50)75(77,78)79)67(97)90-36-22-28-55(90)66(96)82-74(33-19-20-34-74)73(103)88(10)64(51-25-17-18-26-51)72(102)87(9)58(69(99)89-37-39-104-40-38-89)44-61(93)86(8)57(41-47(2)3)65(95)81-63/h12,14-15,23-24,29,31,42,47-48,51,54-59,63-64H,11,13,16-22,25-28,30,32-41,43-46H2,1-10H3,(H,80,92)(H,81,95)(H,82,96)/t48-,54-,55-,56-,57-,58-,59-,63-,64-/m0/s1. The molecule has 3 N–H and O–H groups in total. The molecule has 2 aromatic rings. The maximum Gasteiger partial charge on any atom is 0.417 e. The zero-order valence-electron chi connectivity index (χ0n) is 62.1. The Hall–Kier alpha value is -7.88. The van der Waals surface area contributed by atoms with Gasteiger partial charge in [-0.05, 0) is 112 Å². The van der Waals surface area contributed by atoms with Crippen molar-refractivity contribution in [3.8, 4) is 0 Å². The quantitative estimate of drug-likeness (QED) is 0.252. The van der Waals surface area contributed by atoms with Crippen molar-refractivity contribution in [2.75, 3.05) is 94.8 Å². The van der Waals surface area contributed by atoms with E-state index >= 15 is 38.4 Å². The number of alkyl halides is 3. The van der Waals surface area contributed by atoms with Crippen LogP contribution in [0.1, 0.15) is 160 Å². The highest BCUT2D eigenvalue weighted by molar-refractivity contribution is 6.31. The fourth-order valence-electron chi connectivity index (χ4n) is 15.8. The molecule has 1 spiro atoms. The molecule has 29 heteroatoms. The Bertz CT molecular complexity index is 3420. The molecule has 574 valence electrons. The van der Waals surface area contributed by atoms with Gasteiger partial charge in [-0.15, -0.1) is 0 Å². The molecule has 0 aromatic heterocycles. The normalized spacial score (nSPS) is 26.6. The van der Waals surface area contributed by atoms with E-state index in [1.807, 2.05) is 20.8 Å². The number of ether oxygens (including phenoxy) is 1. The molecule has 25 nitrogen and oxygen atoms in total. The number of hydrogen-bond acceptors (Lipinski definition) is 13. The van der Waals surface area contributed by atoms with Gasteiger partial charge in [0.2, 0.25) is 70.9 Å². The Morgan fingerprint density at radius 2 is 1.26 bits per heavy atom. The summed E-state index contributed by atoms with van der Waals surface area (Å²) < 4.78 is 47.4. The van der Waals surface area contributed by atoms with Gasteiger partial charge in [-0.25, -0.2) is 0 Å². The minimum Gasteiger partial charge on any atom is -0.378 e. The average molecular weight is 1480 g/mol. The monoisotopic (exact) mass is 1480 g/mol. The lowest BCUT2D eigenvalue weighted by Gasteiger charge is -2.42. The summed E-state index contributed by atoms with van der Waals surface area (Å²) >= 11 is 6.18. The van der Waals surface area contributed by atoms with Gasteiger partial charge in [0.05, 0.1) is 43.3 Å². The van der Waals surface area contributed by atoms with E-state index in [2.05, 4.69) is 16.0 Å². The molecule has 9 atom stereocenters. The van der Waals surface area contributed by atoms with Crippen molar-refractivity contribution in [2.24, 2.45) is 17.8 Å². The summed E-state index contributed by atoms with van der Waals surface area (Å²) in [5.74, 6) is -8.98. The van der Waals surface area contributed by atoms with Gasteiger partial charge in [-0.3, -0.25) is 57.5 Å². The van der Waals surface area contributed by atoms with Gasteiger partial charge < -0.3 is 64.8 Å². The van der Waals surface area contributed by atoms with E-state index in [4.69, 9.17) is 16.3 Å². The number of benzene rings is 2. The lowest BCUT2D eigenvalue weighted by molar-refractivity contribution is -0.157. The molecular weight excluding hydrogens is 1370 g/mol. The van der Waals surface area contributed by atoms with Crippen LogP contribution in [0.5, 0.6) is 0 Å². The van der Waals surface area contributed by atoms with Crippen LogP contribution in [-0.2, 0) is 81.3 Å². The van der Waals surface area contributed by atoms with Crippen LogP contribution in [0.2, 0.25) is 5.02 Å². The van der Waals surface area contributed by atoms with Gasteiger partial charge in [0, 0.05) is 74.9 Å². The van der Waals surface area contributed by atoms with E-state index in [1.54, 1.807) is 37.3 Å². The Balaban J connectivity index is 1.20. The smallest absolute Gasteiger partial charge is 0.378 e. The predicted molar refractivity (Wildman–Crippen MR) is 381 cm³/mol. The zero-order chi connectivity index (χ0) is 76.1. The molecule has 2 saturated carbocycles. The van der Waals surface area contributed by atoms with E-state index in [-0.39, 0.29) is 102 Å². The number of halogens is 4. The number of hydrogen-bond donors (Lipinski definition) is 3. The number of nitrogens with zero attached hydrogens (tertiary/aromatic N) is 9. The topological polar surface area (TPSA) is 279 Å². The highest BCUT2D eigenvalue weighted by Gasteiger charge is 2.52. The average Bonchev–Trinajstić information content (AvgIpc) is 1.16. The van der Waals surface area contributed by atoms with Crippen molar-refractivity contribution in [3.63, 3.8) is 0 Å². The highest BCUT2D eigenvalue weighted by Crippen LogP contribution is 2.39. The van der Waals surface area contributed by atoms with Crippen molar-refractivity contribution in [1.82, 2.24) is 60.0 Å². The Morgan fingerprint density at radius 3 is 1.89 bits per heavy atom. The van der Waals surface area contributed by atoms with Gasteiger partial charge >= 0.3 is 6.18 Å². The number of rotatable bonds is 11. The van der Waals surface area contributed by atoms with Gasteiger partial charge in [0.1, 0.15) is 53.9 Å². The number of fused-ring (bicyclic) bond motifs is 3. The van der Waals surface area contributed by atoms with Gasteiger partial charge in [-0.2, -0.15) is 13.2 Å². The summed E-state index contributed by atoms with van der Waals surface area (Å²) in [7, 11) is 8.58. The second kappa shape index (κ2) is 36.4. The van der Waals surface area contributed by atoms with Gasteiger partial charge in [0.15, 0.2) is 0 Å². The molecule has 2 aliphatic carbocycles. The third kappa shape index (κ3) is 19.8. The maximum atomic E-state index is 15.7.